The van der Waals surface area contributed by atoms with E-state index in [1.807, 2.05) is 0 Å². The largest absolute Gasteiger partial charge is 0.464 e. The molecule has 54 valence electrons. The van der Waals surface area contributed by atoms with Crippen molar-refractivity contribution in [2.24, 2.45) is 0 Å². The molecule has 0 aromatic heterocycles. The summed E-state index contributed by atoms with van der Waals surface area (Å²) in [5.74, 6) is 0. The van der Waals surface area contributed by atoms with Crippen LogP contribution in [0.25, 0.3) is 0 Å². The summed E-state index contributed by atoms with van der Waals surface area (Å²) < 4.78 is 3.74. The molecule has 4 nitrogen and oxygen atoms in total. The first-order valence-electron chi connectivity index (χ1n) is 2.01. The van der Waals surface area contributed by atoms with Gasteiger partial charge in [-0.1, -0.05) is 11.8 Å². The normalized spacial score (nSPS) is 10.3. The number of hydrogen-bond acceptors (Lipinski definition) is 3. The Morgan fingerprint density at radius 2 is 2.56 bits per heavy atom. The zero-order valence-electron chi connectivity index (χ0n) is 4.70. The fourth-order valence-electron chi connectivity index (χ4n) is 0.140. The van der Waals surface area contributed by atoms with Crippen LogP contribution in [0.3, 0.4) is 0 Å². The van der Waals surface area contributed by atoms with Gasteiger partial charge in [0.05, 0.1) is 0 Å². The van der Waals surface area contributed by atoms with Gasteiger partial charge in [0.1, 0.15) is 0 Å². The second-order valence-corrected chi connectivity index (χ2v) is 3.72. The van der Waals surface area contributed by atoms with Crippen molar-refractivity contribution < 1.29 is 9.90 Å². The van der Waals surface area contributed by atoms with Crippen LogP contribution in [0.5, 0.6) is 0 Å². The first-order valence-corrected chi connectivity index (χ1v) is 5.25. The predicted octanol–water partition coefficient (Wildman–Crippen LogP) is 0.537. The zero-order chi connectivity index (χ0) is 7.28. The molecule has 0 saturated carbocycles. The number of carbonyl (C=O) groups is 1. The van der Waals surface area contributed by atoms with Gasteiger partial charge in [-0.3, -0.25) is 0 Å². The molecule has 2 N–H and O–H groups in total. The topological polar surface area (TPSA) is 52.6 Å². The van der Waals surface area contributed by atoms with Gasteiger partial charge in [0.2, 0.25) is 0 Å². The summed E-state index contributed by atoms with van der Waals surface area (Å²) in [4.78, 5) is 10.0. The van der Waals surface area contributed by atoms with Crippen molar-refractivity contribution >= 4 is 37.5 Å². The van der Waals surface area contributed by atoms with E-state index in [0.29, 0.717) is 0 Å². The SMILES string of the molecule is CN(SN[PH2]=S)C(=O)O. The molecule has 0 aromatic rings. The van der Waals surface area contributed by atoms with Gasteiger partial charge < -0.3 is 5.11 Å². The number of amides is 1. The van der Waals surface area contributed by atoms with Crippen LogP contribution < -0.4 is 4.49 Å². The first-order chi connectivity index (χ1) is 4.18. The summed E-state index contributed by atoms with van der Waals surface area (Å²) in [6.45, 7) is 0. The molecule has 0 fully saturated rings. The second kappa shape index (κ2) is 5.05. The highest BCUT2D eigenvalue weighted by Gasteiger charge is 2.02. The fourth-order valence-corrected chi connectivity index (χ4v) is 1.41. The lowest BCUT2D eigenvalue weighted by Crippen LogP contribution is -2.18. The second-order valence-electron chi connectivity index (χ2n) is 1.11. The third-order valence-electron chi connectivity index (χ3n) is 0.507. The lowest BCUT2D eigenvalue weighted by Gasteiger charge is -2.08. The predicted molar refractivity (Wildman–Crippen MR) is 43.6 cm³/mol. The molecule has 0 spiro atoms. The molecule has 1 atom stereocenters. The molecule has 0 rings (SSSR count). The Labute approximate surface area is 63.8 Å². The van der Waals surface area contributed by atoms with Crippen molar-refractivity contribution in [3.05, 3.63) is 0 Å². The lowest BCUT2D eigenvalue weighted by molar-refractivity contribution is 0.181. The zero-order valence-corrected chi connectivity index (χ0v) is 7.48. The van der Waals surface area contributed by atoms with Gasteiger partial charge in [-0.25, -0.2) is 13.6 Å². The summed E-state index contributed by atoms with van der Waals surface area (Å²) in [5, 5.41) is 8.25. The molecule has 0 aliphatic carbocycles. The smallest absolute Gasteiger partial charge is 0.418 e. The Kier molecular flexibility index (Phi) is 5.18. The molecular formula is C2H7N2O2PS2. The van der Waals surface area contributed by atoms with Gasteiger partial charge in [-0.15, -0.1) is 0 Å². The van der Waals surface area contributed by atoms with Gasteiger partial charge in [-0.2, -0.15) is 0 Å². The van der Waals surface area contributed by atoms with Crippen LogP contribution in [0.4, 0.5) is 4.79 Å². The third-order valence-corrected chi connectivity index (χ3v) is 2.61. The molecule has 7 heteroatoms. The number of hydrogen-bond donors (Lipinski definition) is 2. The Hall–Kier alpha value is 0.230. The van der Waals surface area contributed by atoms with Gasteiger partial charge in [0.15, 0.2) is 0 Å². The Balaban J connectivity index is 3.37. The molecule has 9 heavy (non-hydrogen) atoms. The van der Waals surface area contributed by atoms with E-state index < -0.39 is 6.09 Å². The maximum Gasteiger partial charge on any atom is 0.418 e. The van der Waals surface area contributed by atoms with Crippen LogP contribution >= 0.6 is 19.6 Å². The van der Waals surface area contributed by atoms with E-state index in [1.165, 1.54) is 7.05 Å². The van der Waals surface area contributed by atoms with Crippen molar-refractivity contribution in [2.75, 3.05) is 7.05 Å². The summed E-state index contributed by atoms with van der Waals surface area (Å²) in [7, 11) is 1.18. The minimum atomic E-state index is -0.977. The number of nitrogens with zero attached hydrogens (tertiary/aromatic N) is 1. The van der Waals surface area contributed by atoms with E-state index in [0.717, 1.165) is 16.4 Å². The van der Waals surface area contributed by atoms with Crippen molar-refractivity contribution in [1.82, 2.24) is 8.80 Å². The van der Waals surface area contributed by atoms with E-state index in [1.54, 1.807) is 0 Å². The van der Waals surface area contributed by atoms with Crippen molar-refractivity contribution in [3.8, 4) is 0 Å². The highest BCUT2D eigenvalue weighted by atomic mass is 32.4. The molecule has 1 amide bonds. The quantitative estimate of drug-likeness (QED) is 0.497. The van der Waals surface area contributed by atoms with Gasteiger partial charge in [0.25, 0.3) is 0 Å². The maximum atomic E-state index is 10.0. The highest BCUT2D eigenvalue weighted by Crippen LogP contribution is 2.04. The molecule has 0 bridgehead atoms. The standard InChI is InChI=1S/C2H7N2O2PS2/c1-4(2(5)6)9-3-7-8/h7H2,1H3,(H,3,8)(H,5,6). The molecule has 0 radical (unpaired) electrons. The van der Waals surface area contributed by atoms with Crippen LogP contribution in [-0.2, 0) is 11.8 Å². The molecule has 0 heterocycles. The Morgan fingerprint density at radius 1 is 2.00 bits per heavy atom. The number of rotatable bonds is 3. The first kappa shape index (κ1) is 9.23. The van der Waals surface area contributed by atoms with Gasteiger partial charge in [0, 0.05) is 19.2 Å². The fraction of sp³-hybridized carbons (Fsp3) is 0.500. The minimum Gasteiger partial charge on any atom is -0.464 e. The van der Waals surface area contributed by atoms with E-state index in [4.69, 9.17) is 5.11 Å². The summed E-state index contributed by atoms with van der Waals surface area (Å²) >= 11 is 5.59. The van der Waals surface area contributed by atoms with E-state index in [2.05, 4.69) is 16.3 Å². The molecule has 1 unspecified atom stereocenters. The minimum absolute atomic E-state index is 0.267. The molecular weight excluding hydrogens is 179 g/mol. The molecule has 0 aliphatic heterocycles. The Bertz CT molecular complexity index is 121. The van der Waals surface area contributed by atoms with Crippen LogP contribution in [0.2, 0.25) is 0 Å². The van der Waals surface area contributed by atoms with Crippen molar-refractivity contribution in [1.29, 1.82) is 0 Å². The Morgan fingerprint density at radius 3 is 2.89 bits per heavy atom. The molecule has 0 aliphatic rings. The van der Waals surface area contributed by atoms with Crippen molar-refractivity contribution in [2.45, 2.75) is 0 Å². The number of nitrogens with one attached hydrogen (secondary N) is 1. The van der Waals surface area contributed by atoms with Crippen molar-refractivity contribution in [3.63, 3.8) is 0 Å². The number of carboxylic acid groups (broad SMARTS) is 1. The van der Waals surface area contributed by atoms with Crippen LogP contribution in [0.15, 0.2) is 0 Å². The van der Waals surface area contributed by atoms with Gasteiger partial charge in [-0.05, 0) is 7.51 Å². The van der Waals surface area contributed by atoms with E-state index in [-0.39, 0.29) is 7.51 Å². The maximum absolute atomic E-state index is 10.0. The van der Waals surface area contributed by atoms with Crippen LogP contribution in [0, 0.1) is 0 Å². The van der Waals surface area contributed by atoms with Gasteiger partial charge >= 0.3 is 6.09 Å². The average molecular weight is 186 g/mol. The van der Waals surface area contributed by atoms with Crippen LogP contribution in [-0.4, -0.2) is 22.6 Å². The van der Waals surface area contributed by atoms with Crippen LogP contribution in [0.1, 0.15) is 0 Å². The molecule has 0 aromatic carbocycles. The summed E-state index contributed by atoms with van der Waals surface area (Å²) in [6.07, 6.45) is -0.977. The highest BCUT2D eigenvalue weighted by molar-refractivity contribution is 8.06. The van der Waals surface area contributed by atoms with E-state index >= 15 is 0 Å². The summed E-state index contributed by atoms with van der Waals surface area (Å²) in [6, 6.07) is 0. The monoisotopic (exact) mass is 186 g/mol. The van der Waals surface area contributed by atoms with E-state index in [9.17, 15) is 4.79 Å². The summed E-state index contributed by atoms with van der Waals surface area (Å²) in [5.41, 5.74) is 0. The average Bonchev–Trinajstić information content (AvgIpc) is 1.82. The lowest BCUT2D eigenvalue weighted by atomic mass is 11.1. The molecule has 0 saturated heterocycles. The third kappa shape index (κ3) is 4.72.